The molecule has 1 N–H and O–H groups in total. The summed E-state index contributed by atoms with van der Waals surface area (Å²) < 4.78 is 10.8. The van der Waals surface area contributed by atoms with Gasteiger partial charge in [-0.25, -0.2) is 0 Å². The van der Waals surface area contributed by atoms with Crippen LogP contribution in [0, 0.1) is 6.92 Å². The lowest BCUT2D eigenvalue weighted by molar-refractivity contribution is 0.0905. The SMILES string of the molecule is COCC(C)NC(=O)c1ccc(-c2nnc(-c3cccc(C)c3)o2)cc1. The molecule has 3 aromatic rings. The summed E-state index contributed by atoms with van der Waals surface area (Å²) in [6.45, 7) is 4.37. The summed E-state index contributed by atoms with van der Waals surface area (Å²) >= 11 is 0. The Hall–Kier alpha value is -2.99. The largest absolute Gasteiger partial charge is 0.416 e. The van der Waals surface area contributed by atoms with Crippen molar-refractivity contribution in [3.63, 3.8) is 0 Å². The molecule has 26 heavy (non-hydrogen) atoms. The van der Waals surface area contributed by atoms with Crippen molar-refractivity contribution in [3.05, 3.63) is 59.7 Å². The number of carbonyl (C=O) groups is 1. The van der Waals surface area contributed by atoms with Crippen LogP contribution in [-0.2, 0) is 4.74 Å². The van der Waals surface area contributed by atoms with Crippen LogP contribution in [0.2, 0.25) is 0 Å². The topological polar surface area (TPSA) is 77.2 Å². The van der Waals surface area contributed by atoms with Crippen molar-refractivity contribution in [2.24, 2.45) is 0 Å². The maximum atomic E-state index is 12.2. The molecule has 0 fully saturated rings. The van der Waals surface area contributed by atoms with Gasteiger partial charge in [-0.2, -0.15) is 0 Å². The lowest BCUT2D eigenvalue weighted by atomic mass is 10.1. The second-order valence-electron chi connectivity index (χ2n) is 6.19. The number of nitrogens with zero attached hydrogens (tertiary/aromatic N) is 2. The van der Waals surface area contributed by atoms with Crippen molar-refractivity contribution >= 4 is 5.91 Å². The Morgan fingerprint density at radius 3 is 2.46 bits per heavy atom. The van der Waals surface area contributed by atoms with Gasteiger partial charge < -0.3 is 14.5 Å². The van der Waals surface area contributed by atoms with E-state index in [9.17, 15) is 4.79 Å². The third kappa shape index (κ3) is 4.15. The molecule has 0 radical (unpaired) electrons. The van der Waals surface area contributed by atoms with Gasteiger partial charge in [-0.3, -0.25) is 4.79 Å². The van der Waals surface area contributed by atoms with Crippen molar-refractivity contribution in [1.82, 2.24) is 15.5 Å². The molecule has 3 rings (SSSR count). The van der Waals surface area contributed by atoms with E-state index in [1.165, 1.54) is 0 Å². The van der Waals surface area contributed by atoms with Gasteiger partial charge in [0.2, 0.25) is 11.8 Å². The molecule has 0 aliphatic rings. The predicted octanol–water partition coefficient (Wildman–Crippen LogP) is 3.48. The molecule has 0 saturated heterocycles. The Morgan fingerprint density at radius 2 is 1.81 bits per heavy atom. The number of rotatable bonds is 6. The molecule has 6 heteroatoms. The smallest absolute Gasteiger partial charge is 0.251 e. The summed E-state index contributed by atoms with van der Waals surface area (Å²) in [7, 11) is 1.60. The second-order valence-corrected chi connectivity index (χ2v) is 6.19. The van der Waals surface area contributed by atoms with E-state index < -0.39 is 0 Å². The van der Waals surface area contributed by atoms with Crippen molar-refractivity contribution in [3.8, 4) is 22.9 Å². The molecule has 0 bridgehead atoms. The average molecular weight is 351 g/mol. The molecule has 2 aromatic carbocycles. The average Bonchev–Trinajstić information content (AvgIpc) is 3.12. The van der Waals surface area contributed by atoms with E-state index in [1.54, 1.807) is 31.4 Å². The third-order valence-electron chi connectivity index (χ3n) is 3.88. The number of nitrogens with one attached hydrogen (secondary N) is 1. The molecule has 6 nitrogen and oxygen atoms in total. The lowest BCUT2D eigenvalue weighted by Gasteiger charge is -2.12. The zero-order valence-corrected chi connectivity index (χ0v) is 15.0. The zero-order valence-electron chi connectivity index (χ0n) is 15.0. The third-order valence-corrected chi connectivity index (χ3v) is 3.88. The van der Waals surface area contributed by atoms with E-state index in [0.29, 0.717) is 24.0 Å². The van der Waals surface area contributed by atoms with Gasteiger partial charge in [-0.05, 0) is 50.2 Å². The number of benzene rings is 2. The van der Waals surface area contributed by atoms with E-state index in [1.807, 2.05) is 38.1 Å². The standard InChI is InChI=1S/C20H21N3O3/c1-13-5-4-6-17(11-13)20-23-22-19(26-20)16-9-7-15(8-10-16)18(24)21-14(2)12-25-3/h4-11,14H,12H2,1-3H3,(H,21,24). The van der Waals surface area contributed by atoms with E-state index >= 15 is 0 Å². The Labute approximate surface area is 152 Å². The normalized spacial score (nSPS) is 12.0. The van der Waals surface area contributed by atoms with Gasteiger partial charge in [0, 0.05) is 29.8 Å². The molecule has 0 aliphatic carbocycles. The Morgan fingerprint density at radius 1 is 1.12 bits per heavy atom. The molecule has 1 atom stereocenters. The highest BCUT2D eigenvalue weighted by Crippen LogP contribution is 2.24. The minimum absolute atomic E-state index is 0.0556. The molecular weight excluding hydrogens is 330 g/mol. The van der Waals surface area contributed by atoms with Gasteiger partial charge >= 0.3 is 0 Å². The lowest BCUT2D eigenvalue weighted by Crippen LogP contribution is -2.35. The quantitative estimate of drug-likeness (QED) is 0.736. The molecule has 1 aromatic heterocycles. The van der Waals surface area contributed by atoms with E-state index in [0.717, 1.165) is 16.7 Å². The van der Waals surface area contributed by atoms with Crippen molar-refractivity contribution < 1.29 is 13.9 Å². The highest BCUT2D eigenvalue weighted by molar-refractivity contribution is 5.94. The summed E-state index contributed by atoms with van der Waals surface area (Å²) in [6.07, 6.45) is 0. The van der Waals surface area contributed by atoms with Crippen molar-refractivity contribution in [1.29, 1.82) is 0 Å². The first-order chi connectivity index (χ1) is 12.6. The summed E-state index contributed by atoms with van der Waals surface area (Å²) in [5, 5.41) is 11.1. The van der Waals surface area contributed by atoms with E-state index in [4.69, 9.17) is 9.15 Å². The van der Waals surface area contributed by atoms with Crippen LogP contribution in [0.1, 0.15) is 22.8 Å². The zero-order chi connectivity index (χ0) is 18.5. The number of aryl methyl sites for hydroxylation is 1. The molecule has 134 valence electrons. The number of ether oxygens (including phenoxy) is 1. The monoisotopic (exact) mass is 351 g/mol. The summed E-state index contributed by atoms with van der Waals surface area (Å²) in [6, 6.07) is 14.9. The number of carbonyl (C=O) groups excluding carboxylic acids is 1. The first-order valence-electron chi connectivity index (χ1n) is 8.37. The number of hydrogen-bond donors (Lipinski definition) is 1. The second kappa shape index (κ2) is 7.93. The fraction of sp³-hybridized carbons (Fsp3) is 0.250. The maximum Gasteiger partial charge on any atom is 0.251 e. The minimum atomic E-state index is -0.146. The Bertz CT molecular complexity index is 887. The fourth-order valence-corrected chi connectivity index (χ4v) is 2.60. The summed E-state index contributed by atoms with van der Waals surface area (Å²) in [5.74, 6) is 0.743. The Balaban J connectivity index is 1.74. The molecule has 1 heterocycles. The minimum Gasteiger partial charge on any atom is -0.416 e. The maximum absolute atomic E-state index is 12.2. The fourth-order valence-electron chi connectivity index (χ4n) is 2.60. The van der Waals surface area contributed by atoms with Gasteiger partial charge in [-0.1, -0.05) is 17.7 Å². The molecule has 0 spiro atoms. The van der Waals surface area contributed by atoms with Gasteiger partial charge in [0.1, 0.15) is 0 Å². The van der Waals surface area contributed by atoms with Crippen LogP contribution in [0.5, 0.6) is 0 Å². The van der Waals surface area contributed by atoms with Crippen LogP contribution in [0.25, 0.3) is 22.9 Å². The van der Waals surface area contributed by atoms with Crippen LogP contribution in [0.15, 0.2) is 52.9 Å². The van der Waals surface area contributed by atoms with Crippen LogP contribution in [-0.4, -0.2) is 35.9 Å². The molecule has 0 saturated carbocycles. The highest BCUT2D eigenvalue weighted by atomic mass is 16.5. The van der Waals surface area contributed by atoms with Gasteiger partial charge in [-0.15, -0.1) is 10.2 Å². The van der Waals surface area contributed by atoms with E-state index in [2.05, 4.69) is 15.5 Å². The van der Waals surface area contributed by atoms with Crippen LogP contribution in [0.4, 0.5) is 0 Å². The molecule has 1 amide bonds. The number of aromatic nitrogens is 2. The first kappa shape index (κ1) is 17.8. The number of methoxy groups -OCH3 is 1. The van der Waals surface area contributed by atoms with Gasteiger partial charge in [0.05, 0.1) is 6.61 Å². The summed E-state index contributed by atoms with van der Waals surface area (Å²) in [4.78, 5) is 12.2. The predicted molar refractivity (Wildman–Crippen MR) is 98.7 cm³/mol. The van der Waals surface area contributed by atoms with Crippen LogP contribution in [0.3, 0.4) is 0 Å². The highest BCUT2D eigenvalue weighted by Gasteiger charge is 2.13. The summed E-state index contributed by atoms with van der Waals surface area (Å²) in [5.41, 5.74) is 3.33. The first-order valence-corrected chi connectivity index (χ1v) is 8.37. The van der Waals surface area contributed by atoms with Crippen LogP contribution >= 0.6 is 0 Å². The van der Waals surface area contributed by atoms with Gasteiger partial charge in [0.25, 0.3) is 5.91 Å². The molecule has 0 aliphatic heterocycles. The molecular formula is C20H21N3O3. The van der Waals surface area contributed by atoms with Crippen molar-refractivity contribution in [2.75, 3.05) is 13.7 Å². The Kier molecular flexibility index (Phi) is 5.43. The van der Waals surface area contributed by atoms with Crippen LogP contribution < -0.4 is 5.32 Å². The number of amides is 1. The molecule has 1 unspecified atom stereocenters. The van der Waals surface area contributed by atoms with Gasteiger partial charge in [0.15, 0.2) is 0 Å². The number of hydrogen-bond acceptors (Lipinski definition) is 5. The van der Waals surface area contributed by atoms with E-state index in [-0.39, 0.29) is 11.9 Å². The van der Waals surface area contributed by atoms with Crippen molar-refractivity contribution in [2.45, 2.75) is 19.9 Å².